The van der Waals surface area contributed by atoms with E-state index in [0.717, 1.165) is 0 Å². The van der Waals surface area contributed by atoms with Gasteiger partial charge in [0, 0.05) is 0 Å². The van der Waals surface area contributed by atoms with Gasteiger partial charge in [0.25, 0.3) is 0 Å². The van der Waals surface area contributed by atoms with Crippen molar-refractivity contribution >= 4 is 8.63 Å². The van der Waals surface area contributed by atoms with Gasteiger partial charge in [-0.25, -0.2) is 0 Å². The van der Waals surface area contributed by atoms with Crippen LogP contribution in [0.4, 0.5) is 24.6 Å². The molecule has 0 fully saturated rings. The minimum absolute atomic E-state index is 0. The van der Waals surface area contributed by atoms with E-state index >= 15 is 0 Å². The van der Waals surface area contributed by atoms with Crippen molar-refractivity contribution in [2.75, 3.05) is 0 Å². The van der Waals surface area contributed by atoms with Crippen molar-refractivity contribution in [2.24, 2.45) is 0 Å². The first-order valence-electron chi connectivity index (χ1n) is 1.13. The Labute approximate surface area is 40.1 Å². The second-order valence-electron chi connectivity index (χ2n) is 1.07. The molecule has 0 aromatic heterocycles. The van der Waals surface area contributed by atoms with Crippen LogP contribution >= 0.6 is 0 Å². The molecule has 0 heterocycles. The van der Waals surface area contributed by atoms with Gasteiger partial charge in [-0.05, 0) is 0 Å². The van der Waals surface area contributed by atoms with E-state index in [1.54, 1.807) is 0 Å². The number of rotatable bonds is 0. The summed E-state index contributed by atoms with van der Waals surface area (Å²) >= 11 is 0. The maximum absolute atomic E-state index is 10.8. The standard InChI is InChI=1S/F6Si.H2O/c1-7(2,3,4,5)6;/h;1H2/q-2;. The van der Waals surface area contributed by atoms with Crippen molar-refractivity contribution in [2.45, 2.75) is 0 Å². The van der Waals surface area contributed by atoms with E-state index < -0.39 is 8.63 Å². The summed E-state index contributed by atoms with van der Waals surface area (Å²) in [5.41, 5.74) is 0. The molecule has 2 N–H and O–H groups in total. The monoisotopic (exact) mass is 160 g/mol. The fraction of sp³-hybridized carbons (Fsp3) is 0. The normalized spacial score (nSPS) is 20.2. The van der Waals surface area contributed by atoms with Gasteiger partial charge in [-0.15, -0.1) is 0 Å². The van der Waals surface area contributed by atoms with E-state index in [1.807, 2.05) is 0 Å². The van der Waals surface area contributed by atoms with E-state index in [2.05, 4.69) is 0 Å². The fourth-order valence-corrected chi connectivity index (χ4v) is 0. The summed E-state index contributed by atoms with van der Waals surface area (Å²) in [5, 5.41) is 0. The third kappa shape index (κ3) is 2200. The molecule has 0 aliphatic rings. The second kappa shape index (κ2) is 1.03. The number of halogens is 6. The van der Waals surface area contributed by atoms with Crippen molar-refractivity contribution in [1.29, 1.82) is 0 Å². The fourth-order valence-electron chi connectivity index (χ4n) is 0. The quantitative estimate of drug-likeness (QED) is 0.291. The van der Waals surface area contributed by atoms with Gasteiger partial charge in [0.2, 0.25) is 0 Å². The van der Waals surface area contributed by atoms with Gasteiger partial charge < -0.3 is 5.48 Å². The molecule has 0 saturated carbocycles. The maximum Gasteiger partial charge on any atom is -0.412 e. The molecule has 0 unspecified atom stereocenters. The van der Waals surface area contributed by atoms with Gasteiger partial charge in [-0.1, -0.05) is 0 Å². The summed E-state index contributed by atoms with van der Waals surface area (Å²) in [6.45, 7) is 0. The molecule has 0 spiro atoms. The van der Waals surface area contributed by atoms with E-state index in [-0.39, 0.29) is 5.48 Å². The molecule has 1 nitrogen and oxygen atoms in total. The first-order valence-corrected chi connectivity index (χ1v) is 3.40. The molecule has 0 atom stereocenters. The molecule has 8 heteroatoms. The van der Waals surface area contributed by atoms with Crippen molar-refractivity contribution in [3.8, 4) is 0 Å². The first-order chi connectivity index (χ1) is 2.45. The summed E-state index contributed by atoms with van der Waals surface area (Å²) in [5.74, 6) is 0. The molecule has 0 saturated heterocycles. The smallest absolute Gasteiger partial charge is 0.412 e. The zero-order chi connectivity index (χ0) is 6.41. The van der Waals surface area contributed by atoms with Crippen molar-refractivity contribution < 1.29 is 30.1 Å². The van der Waals surface area contributed by atoms with Crippen LogP contribution in [-0.4, -0.2) is 14.1 Å². The van der Waals surface area contributed by atoms with Crippen molar-refractivity contribution in [1.82, 2.24) is 0 Å². The summed E-state index contributed by atoms with van der Waals surface area (Å²) < 4.78 is 59.3. The largest absolute Gasteiger partial charge is 0.412 e. The maximum atomic E-state index is 9.88. The molecule has 0 radical (unpaired) electrons. The van der Waals surface area contributed by atoms with Crippen LogP contribution in [0.25, 0.3) is 0 Å². The summed E-state index contributed by atoms with van der Waals surface area (Å²) in [6, 6.07) is 0. The predicted molar refractivity (Wildman–Crippen MR) is 16.0 cm³/mol. The molecule has 0 bridgehead atoms. The number of hydrogen-bond acceptors (Lipinski definition) is 0. The van der Waals surface area contributed by atoms with E-state index in [9.17, 15) is 24.6 Å². The molecule has 0 aromatic carbocycles. The molecule has 0 rings (SSSR count). The van der Waals surface area contributed by atoms with Gasteiger partial charge in [0.1, 0.15) is 0 Å². The Hall–Kier alpha value is -0.243. The van der Waals surface area contributed by atoms with E-state index in [1.165, 1.54) is 0 Å². The van der Waals surface area contributed by atoms with Crippen LogP contribution in [0.15, 0.2) is 0 Å². The Kier molecular flexibility index (Phi) is 1.37. The van der Waals surface area contributed by atoms with Crippen LogP contribution in [0.3, 0.4) is 0 Å². The second-order valence-corrected chi connectivity index (χ2v) is 3.21. The van der Waals surface area contributed by atoms with Crippen molar-refractivity contribution in [3.05, 3.63) is 0 Å². The van der Waals surface area contributed by atoms with Crippen LogP contribution in [0.2, 0.25) is 0 Å². The Bertz CT molecular complexity index is 67.1. The Balaban J connectivity index is 0. The average Bonchev–Trinajstić information content (AvgIpc) is 0.592. The van der Waals surface area contributed by atoms with Gasteiger partial charge in [-0.2, -0.15) is 0 Å². The number of hydrogen-bond donors (Lipinski definition) is 0. The summed E-state index contributed by atoms with van der Waals surface area (Å²) in [7, 11) is -10.8. The minimum Gasteiger partial charge on any atom is -0.412 e. The Morgan fingerprint density at radius 1 is 0.625 bits per heavy atom. The Morgan fingerprint density at radius 3 is 0.625 bits per heavy atom. The molecule has 0 aliphatic carbocycles. The molecular formula is H2F6OSi-2. The molecule has 0 amide bonds. The van der Waals surface area contributed by atoms with Crippen LogP contribution in [-0.2, 0) is 0 Å². The van der Waals surface area contributed by atoms with Crippen LogP contribution < -0.4 is 0 Å². The molecule has 0 aliphatic heterocycles. The first kappa shape index (κ1) is 10.7. The predicted octanol–water partition coefficient (Wildman–Crippen LogP) is 1.32. The van der Waals surface area contributed by atoms with Gasteiger partial charge in [0.15, 0.2) is 0 Å². The van der Waals surface area contributed by atoms with E-state index in [4.69, 9.17) is 0 Å². The van der Waals surface area contributed by atoms with Crippen LogP contribution in [0.5, 0.6) is 0 Å². The van der Waals surface area contributed by atoms with Gasteiger partial charge in [-0.3, -0.25) is 0 Å². The third-order valence-electron chi connectivity index (χ3n) is 0. The zero-order valence-corrected chi connectivity index (χ0v) is 4.27. The molecule has 56 valence electrons. The summed E-state index contributed by atoms with van der Waals surface area (Å²) in [6.07, 6.45) is 0. The van der Waals surface area contributed by atoms with Gasteiger partial charge in [0.05, 0.1) is 0 Å². The molecular weight excluding hydrogens is 158 g/mol. The molecule has 8 heavy (non-hydrogen) atoms. The Morgan fingerprint density at radius 2 is 0.625 bits per heavy atom. The summed E-state index contributed by atoms with van der Waals surface area (Å²) in [4.78, 5) is 0. The van der Waals surface area contributed by atoms with Crippen LogP contribution in [0, 0.1) is 0 Å². The van der Waals surface area contributed by atoms with Gasteiger partial charge >= 0.3 is 33.3 Å². The average molecular weight is 160 g/mol. The zero-order valence-electron chi connectivity index (χ0n) is 3.27. The van der Waals surface area contributed by atoms with Crippen molar-refractivity contribution in [3.63, 3.8) is 0 Å². The minimum atomic E-state index is -10.8. The van der Waals surface area contributed by atoms with Crippen LogP contribution in [0.1, 0.15) is 0 Å². The molecule has 0 aromatic rings. The third-order valence-corrected chi connectivity index (χ3v) is 0. The van der Waals surface area contributed by atoms with E-state index in [0.29, 0.717) is 0 Å². The SMILES string of the molecule is F[Si-2](F)(F)(F)(F)F.O. The topological polar surface area (TPSA) is 31.5 Å².